The number of pyridine rings is 1. The number of fused-ring (bicyclic) bond motifs is 1. The summed E-state index contributed by atoms with van der Waals surface area (Å²) in [6, 6.07) is 0.721. The topological polar surface area (TPSA) is 68.5 Å². The van der Waals surface area contributed by atoms with Crippen molar-refractivity contribution in [3.63, 3.8) is 0 Å². The lowest BCUT2D eigenvalue weighted by molar-refractivity contribution is -0.0217. The second-order valence-corrected chi connectivity index (χ2v) is 4.97. The van der Waals surface area contributed by atoms with Gasteiger partial charge in [-0.3, -0.25) is 4.79 Å². The molecule has 2 aromatic rings. The Morgan fingerprint density at radius 2 is 2.10 bits per heavy atom. The molecule has 0 unspecified atom stereocenters. The summed E-state index contributed by atoms with van der Waals surface area (Å²) in [7, 11) is 0. The first kappa shape index (κ1) is 13.7. The average Bonchev–Trinajstić information content (AvgIpc) is 2.36. The number of hydrogen-bond acceptors (Lipinski definition) is 3. The summed E-state index contributed by atoms with van der Waals surface area (Å²) < 4.78 is 33.8. The molecule has 0 radical (unpaired) electrons. The molecule has 0 aliphatic carbocycles. The van der Waals surface area contributed by atoms with Crippen LogP contribution in [0.2, 0.25) is 0 Å². The summed E-state index contributed by atoms with van der Waals surface area (Å²) in [5, 5.41) is 9.01. The Morgan fingerprint density at radius 3 is 2.62 bits per heavy atom. The first-order valence-electron chi connectivity index (χ1n) is 6.26. The minimum absolute atomic E-state index is 0.110. The quantitative estimate of drug-likeness (QED) is 0.918. The molecule has 1 aliphatic rings. The third-order valence-electron chi connectivity index (χ3n) is 3.70. The molecular weight excluding hydrogens is 284 g/mol. The molecule has 21 heavy (non-hydrogen) atoms. The molecule has 0 atom stereocenters. The van der Waals surface area contributed by atoms with Crippen molar-refractivity contribution in [3.05, 3.63) is 45.2 Å². The maximum absolute atomic E-state index is 13.7. The minimum Gasteiger partial charge on any atom is -0.477 e. The van der Waals surface area contributed by atoms with Crippen molar-refractivity contribution < 1.29 is 23.4 Å². The van der Waals surface area contributed by atoms with E-state index in [1.54, 1.807) is 0 Å². The zero-order valence-corrected chi connectivity index (χ0v) is 11.0. The van der Waals surface area contributed by atoms with Crippen LogP contribution in [0.3, 0.4) is 0 Å². The predicted molar refractivity (Wildman–Crippen MR) is 69.7 cm³/mol. The second kappa shape index (κ2) is 4.63. The number of rotatable bonds is 2. The van der Waals surface area contributed by atoms with Gasteiger partial charge in [-0.15, -0.1) is 0 Å². The highest BCUT2D eigenvalue weighted by Crippen LogP contribution is 2.27. The van der Waals surface area contributed by atoms with Gasteiger partial charge in [-0.2, -0.15) is 0 Å². The lowest BCUT2D eigenvalue weighted by Crippen LogP contribution is -2.33. The lowest BCUT2D eigenvalue weighted by Gasteiger charge is -2.30. The Kier molecular flexibility index (Phi) is 3.02. The van der Waals surface area contributed by atoms with E-state index in [1.165, 1.54) is 11.5 Å². The fourth-order valence-electron chi connectivity index (χ4n) is 2.47. The Labute approximate surface area is 117 Å². The van der Waals surface area contributed by atoms with E-state index >= 15 is 0 Å². The second-order valence-electron chi connectivity index (χ2n) is 4.97. The summed E-state index contributed by atoms with van der Waals surface area (Å²) in [6.07, 6.45) is 1.16. The van der Waals surface area contributed by atoms with Gasteiger partial charge in [-0.25, -0.2) is 13.6 Å². The first-order valence-corrected chi connectivity index (χ1v) is 6.26. The van der Waals surface area contributed by atoms with Gasteiger partial charge in [0.25, 0.3) is 0 Å². The number of carbonyl (C=O) groups is 1. The van der Waals surface area contributed by atoms with Crippen LogP contribution in [-0.2, 0) is 4.74 Å². The fraction of sp³-hybridized carbons (Fsp3) is 0.286. The van der Waals surface area contributed by atoms with Crippen molar-refractivity contribution >= 4 is 16.9 Å². The molecule has 0 bridgehead atoms. The van der Waals surface area contributed by atoms with Gasteiger partial charge < -0.3 is 14.4 Å². The number of benzene rings is 1. The van der Waals surface area contributed by atoms with Crippen molar-refractivity contribution in [3.8, 4) is 0 Å². The number of aromatic carboxylic acids is 1. The smallest absolute Gasteiger partial charge is 0.341 e. The van der Waals surface area contributed by atoms with E-state index in [0.29, 0.717) is 13.2 Å². The van der Waals surface area contributed by atoms with Gasteiger partial charge in [0, 0.05) is 17.8 Å². The SMILES string of the molecule is Cc1c(F)c(F)cc2c1c(=O)c(C(=O)O)cn2C1COC1. The number of hydrogen-bond donors (Lipinski definition) is 1. The van der Waals surface area contributed by atoms with Gasteiger partial charge in [0.1, 0.15) is 5.56 Å². The molecule has 1 saturated heterocycles. The molecule has 7 heteroatoms. The summed E-state index contributed by atoms with van der Waals surface area (Å²) in [5.41, 5.74) is -1.30. The van der Waals surface area contributed by atoms with E-state index < -0.39 is 28.6 Å². The van der Waals surface area contributed by atoms with Crippen molar-refractivity contribution in [1.29, 1.82) is 0 Å². The van der Waals surface area contributed by atoms with Crippen LogP contribution in [0, 0.1) is 18.6 Å². The number of aromatic nitrogens is 1. The third-order valence-corrected chi connectivity index (χ3v) is 3.70. The van der Waals surface area contributed by atoms with Crippen molar-refractivity contribution in [2.45, 2.75) is 13.0 Å². The van der Waals surface area contributed by atoms with E-state index in [1.807, 2.05) is 0 Å². The van der Waals surface area contributed by atoms with E-state index in [0.717, 1.165) is 12.3 Å². The highest BCUT2D eigenvalue weighted by molar-refractivity contribution is 5.93. The molecule has 1 aromatic carbocycles. The summed E-state index contributed by atoms with van der Waals surface area (Å²) in [5.74, 6) is -3.62. The van der Waals surface area contributed by atoms with Gasteiger partial charge in [0.15, 0.2) is 11.6 Å². The Balaban J connectivity index is 2.48. The van der Waals surface area contributed by atoms with E-state index in [2.05, 4.69) is 0 Å². The van der Waals surface area contributed by atoms with Crippen LogP contribution in [0.4, 0.5) is 8.78 Å². The standard InChI is InChI=1S/C14H11F2NO4/c1-6-11-10(2-9(15)12(6)16)17(7-4-21-5-7)3-8(13(11)18)14(19)20/h2-3,7H,4-5H2,1H3,(H,19,20). The van der Waals surface area contributed by atoms with Crippen LogP contribution in [0.5, 0.6) is 0 Å². The van der Waals surface area contributed by atoms with E-state index in [-0.39, 0.29) is 22.5 Å². The molecular formula is C14H11F2NO4. The summed E-state index contributed by atoms with van der Waals surface area (Å²) >= 11 is 0. The third kappa shape index (κ3) is 1.92. The Morgan fingerprint density at radius 1 is 1.43 bits per heavy atom. The Hall–Kier alpha value is -2.28. The molecule has 2 heterocycles. The zero-order valence-electron chi connectivity index (χ0n) is 11.0. The normalized spacial score (nSPS) is 15.2. The molecule has 1 N–H and O–H groups in total. The largest absolute Gasteiger partial charge is 0.477 e. The van der Waals surface area contributed by atoms with Crippen LogP contribution in [0.25, 0.3) is 10.9 Å². The van der Waals surface area contributed by atoms with Crippen LogP contribution in [0.15, 0.2) is 17.1 Å². The summed E-state index contributed by atoms with van der Waals surface area (Å²) in [6.45, 7) is 1.92. The van der Waals surface area contributed by atoms with Crippen molar-refractivity contribution in [2.75, 3.05) is 13.2 Å². The van der Waals surface area contributed by atoms with Gasteiger partial charge in [0.2, 0.25) is 5.43 Å². The highest BCUT2D eigenvalue weighted by Gasteiger charge is 2.26. The van der Waals surface area contributed by atoms with Crippen LogP contribution < -0.4 is 5.43 Å². The van der Waals surface area contributed by atoms with Crippen molar-refractivity contribution in [1.82, 2.24) is 4.57 Å². The van der Waals surface area contributed by atoms with Gasteiger partial charge in [0.05, 0.1) is 30.2 Å². The molecule has 5 nitrogen and oxygen atoms in total. The van der Waals surface area contributed by atoms with Crippen LogP contribution in [0.1, 0.15) is 22.0 Å². The number of aryl methyl sites for hydroxylation is 1. The van der Waals surface area contributed by atoms with E-state index in [9.17, 15) is 18.4 Å². The van der Waals surface area contributed by atoms with Gasteiger partial charge >= 0.3 is 5.97 Å². The molecule has 1 aliphatic heterocycles. The molecule has 3 rings (SSSR count). The fourth-order valence-corrected chi connectivity index (χ4v) is 2.47. The van der Waals surface area contributed by atoms with E-state index in [4.69, 9.17) is 9.84 Å². The molecule has 1 aromatic heterocycles. The summed E-state index contributed by atoms with van der Waals surface area (Å²) in [4.78, 5) is 23.4. The number of carboxylic acid groups (broad SMARTS) is 1. The monoisotopic (exact) mass is 295 g/mol. The molecule has 110 valence electrons. The number of halogens is 2. The molecule has 0 amide bonds. The average molecular weight is 295 g/mol. The number of carboxylic acids is 1. The molecule has 0 saturated carbocycles. The maximum atomic E-state index is 13.7. The minimum atomic E-state index is -1.40. The first-order chi connectivity index (χ1) is 9.91. The highest BCUT2D eigenvalue weighted by atomic mass is 19.2. The predicted octanol–water partition coefficient (Wildman–Crippen LogP) is 1.86. The van der Waals surface area contributed by atoms with Crippen LogP contribution in [-0.4, -0.2) is 28.9 Å². The lowest BCUT2D eigenvalue weighted by atomic mass is 10.0. The maximum Gasteiger partial charge on any atom is 0.341 e. The molecule has 1 fully saturated rings. The number of ether oxygens (including phenoxy) is 1. The molecule has 0 spiro atoms. The Bertz CT molecular complexity index is 824. The van der Waals surface area contributed by atoms with Gasteiger partial charge in [-0.1, -0.05) is 0 Å². The zero-order chi connectivity index (χ0) is 15.3. The number of nitrogens with zero attached hydrogens (tertiary/aromatic N) is 1. The van der Waals surface area contributed by atoms with Crippen molar-refractivity contribution in [2.24, 2.45) is 0 Å². The van der Waals surface area contributed by atoms with Gasteiger partial charge in [-0.05, 0) is 6.92 Å². The van der Waals surface area contributed by atoms with Crippen LogP contribution >= 0.6 is 0 Å².